The number of hydrogen-bond donors (Lipinski definition) is 1. The van der Waals surface area contributed by atoms with E-state index in [-0.39, 0.29) is 0 Å². The highest BCUT2D eigenvalue weighted by molar-refractivity contribution is 9.10. The molecule has 62 valence electrons. The van der Waals surface area contributed by atoms with Crippen molar-refractivity contribution < 1.29 is 13.9 Å². The second kappa shape index (κ2) is 5.21. The van der Waals surface area contributed by atoms with E-state index in [4.69, 9.17) is 5.11 Å². The highest BCUT2D eigenvalue weighted by Gasteiger charge is 1.95. The van der Waals surface area contributed by atoms with Gasteiger partial charge >= 0.3 is 0 Å². The van der Waals surface area contributed by atoms with Gasteiger partial charge in [0, 0.05) is 17.6 Å². The number of halogens is 3. The topological polar surface area (TPSA) is 20.2 Å². The summed E-state index contributed by atoms with van der Waals surface area (Å²) in [6.45, 7) is 0. The Kier molecular flexibility index (Phi) is 4.98. The molecule has 0 aliphatic heterocycles. The molecular weight excluding hydrogens is 218 g/mol. The highest BCUT2D eigenvalue weighted by Crippen LogP contribution is 2.12. The molecule has 1 rings (SSSR count). The van der Waals surface area contributed by atoms with Crippen molar-refractivity contribution in [3.05, 3.63) is 34.3 Å². The van der Waals surface area contributed by atoms with Crippen LogP contribution in [0.2, 0.25) is 0 Å². The van der Waals surface area contributed by atoms with Crippen LogP contribution in [0.1, 0.15) is 0 Å². The largest absolute Gasteiger partial charge is 0.400 e. The van der Waals surface area contributed by atoms with E-state index in [9.17, 15) is 8.78 Å². The number of hydrogen-bond acceptors (Lipinski definition) is 1. The standard InChI is InChI=1S/C6H3BrF2.CH4O/c7-4-1-5(8)3-6(9)2-4;1-2/h1-3H;2H,1H3. The lowest BCUT2D eigenvalue weighted by molar-refractivity contribution is 0.399. The Hall–Kier alpha value is -0.480. The molecule has 0 amide bonds. The van der Waals surface area contributed by atoms with E-state index in [1.807, 2.05) is 0 Å². The lowest BCUT2D eigenvalue weighted by Crippen LogP contribution is -1.77. The highest BCUT2D eigenvalue weighted by atomic mass is 79.9. The smallest absolute Gasteiger partial charge is 0.127 e. The predicted molar refractivity (Wildman–Crippen MR) is 42.2 cm³/mol. The molecule has 0 heterocycles. The molecule has 1 aromatic rings. The van der Waals surface area contributed by atoms with Gasteiger partial charge in [0.05, 0.1) is 0 Å². The maximum atomic E-state index is 12.2. The molecule has 0 aliphatic rings. The minimum Gasteiger partial charge on any atom is -0.400 e. The van der Waals surface area contributed by atoms with E-state index in [2.05, 4.69) is 15.9 Å². The second-order valence-electron chi connectivity index (χ2n) is 1.59. The third-order valence-corrected chi connectivity index (χ3v) is 1.29. The zero-order chi connectivity index (χ0) is 8.85. The zero-order valence-corrected chi connectivity index (χ0v) is 7.40. The Morgan fingerprint density at radius 3 is 1.73 bits per heavy atom. The third-order valence-electron chi connectivity index (χ3n) is 0.827. The molecule has 0 saturated heterocycles. The Labute approximate surface area is 71.8 Å². The van der Waals surface area contributed by atoms with Crippen LogP contribution in [-0.2, 0) is 0 Å². The van der Waals surface area contributed by atoms with E-state index in [0.717, 1.165) is 13.2 Å². The molecule has 0 bridgehead atoms. The fourth-order valence-electron chi connectivity index (χ4n) is 0.520. The molecule has 0 spiro atoms. The first-order chi connectivity index (χ1) is 5.18. The monoisotopic (exact) mass is 224 g/mol. The number of benzene rings is 1. The van der Waals surface area contributed by atoms with Crippen molar-refractivity contribution in [3.8, 4) is 0 Å². The van der Waals surface area contributed by atoms with Crippen LogP contribution in [-0.4, -0.2) is 12.2 Å². The van der Waals surface area contributed by atoms with Gasteiger partial charge in [-0.2, -0.15) is 0 Å². The van der Waals surface area contributed by atoms with Crippen molar-refractivity contribution in [2.24, 2.45) is 0 Å². The third kappa shape index (κ3) is 4.06. The van der Waals surface area contributed by atoms with Crippen LogP contribution in [0.25, 0.3) is 0 Å². The number of aliphatic hydroxyl groups is 1. The average molecular weight is 225 g/mol. The Balaban J connectivity index is 0.000000461. The molecule has 0 aliphatic carbocycles. The van der Waals surface area contributed by atoms with Crippen molar-refractivity contribution in [3.63, 3.8) is 0 Å². The maximum Gasteiger partial charge on any atom is 0.127 e. The molecule has 0 unspecified atom stereocenters. The van der Waals surface area contributed by atoms with Gasteiger partial charge in [0.25, 0.3) is 0 Å². The van der Waals surface area contributed by atoms with Gasteiger partial charge in [-0.25, -0.2) is 8.78 Å². The Morgan fingerprint density at radius 2 is 1.45 bits per heavy atom. The quantitative estimate of drug-likeness (QED) is 0.718. The van der Waals surface area contributed by atoms with Gasteiger partial charge in [0.15, 0.2) is 0 Å². The van der Waals surface area contributed by atoms with Crippen LogP contribution >= 0.6 is 15.9 Å². The summed E-state index contributed by atoms with van der Waals surface area (Å²) in [4.78, 5) is 0. The predicted octanol–water partition coefficient (Wildman–Crippen LogP) is 2.34. The summed E-state index contributed by atoms with van der Waals surface area (Å²) in [5, 5.41) is 7.00. The molecular formula is C7H7BrF2O. The average Bonchev–Trinajstić information content (AvgIpc) is 1.88. The first-order valence-corrected chi connectivity index (χ1v) is 3.54. The number of aliphatic hydroxyl groups excluding tert-OH is 1. The van der Waals surface area contributed by atoms with E-state index in [1.165, 1.54) is 12.1 Å². The van der Waals surface area contributed by atoms with Crippen molar-refractivity contribution in [2.75, 3.05) is 7.11 Å². The molecule has 1 nitrogen and oxygen atoms in total. The van der Waals surface area contributed by atoms with Gasteiger partial charge < -0.3 is 5.11 Å². The van der Waals surface area contributed by atoms with Gasteiger partial charge in [-0.1, -0.05) is 15.9 Å². The summed E-state index contributed by atoms with van der Waals surface area (Å²) in [6.07, 6.45) is 0. The molecule has 0 saturated carbocycles. The van der Waals surface area contributed by atoms with Gasteiger partial charge in [-0.3, -0.25) is 0 Å². The Morgan fingerprint density at radius 1 is 1.09 bits per heavy atom. The van der Waals surface area contributed by atoms with Crippen LogP contribution in [0.3, 0.4) is 0 Å². The van der Waals surface area contributed by atoms with Crippen molar-refractivity contribution >= 4 is 15.9 Å². The van der Waals surface area contributed by atoms with Crippen LogP contribution < -0.4 is 0 Å². The fourth-order valence-corrected chi connectivity index (χ4v) is 0.958. The lowest BCUT2D eigenvalue weighted by Gasteiger charge is -1.89. The van der Waals surface area contributed by atoms with E-state index < -0.39 is 11.6 Å². The summed E-state index contributed by atoms with van der Waals surface area (Å²) < 4.78 is 24.7. The summed E-state index contributed by atoms with van der Waals surface area (Å²) in [7, 11) is 1.00. The molecule has 1 N–H and O–H groups in total. The second-order valence-corrected chi connectivity index (χ2v) is 2.50. The first kappa shape index (κ1) is 10.5. The van der Waals surface area contributed by atoms with Crippen molar-refractivity contribution in [1.82, 2.24) is 0 Å². The van der Waals surface area contributed by atoms with E-state index in [1.54, 1.807) is 0 Å². The van der Waals surface area contributed by atoms with E-state index in [0.29, 0.717) is 4.47 Å². The van der Waals surface area contributed by atoms with Crippen molar-refractivity contribution in [1.29, 1.82) is 0 Å². The summed E-state index contributed by atoms with van der Waals surface area (Å²) in [6, 6.07) is 3.22. The minimum atomic E-state index is -0.568. The zero-order valence-electron chi connectivity index (χ0n) is 5.81. The molecule has 1 aromatic carbocycles. The van der Waals surface area contributed by atoms with Crippen LogP contribution in [0, 0.1) is 11.6 Å². The van der Waals surface area contributed by atoms with Gasteiger partial charge in [0.1, 0.15) is 11.6 Å². The van der Waals surface area contributed by atoms with Crippen LogP contribution in [0.15, 0.2) is 22.7 Å². The van der Waals surface area contributed by atoms with Gasteiger partial charge in [-0.15, -0.1) is 0 Å². The van der Waals surface area contributed by atoms with E-state index >= 15 is 0 Å². The normalized spacial score (nSPS) is 8.45. The van der Waals surface area contributed by atoms with Gasteiger partial charge in [-0.05, 0) is 12.1 Å². The first-order valence-electron chi connectivity index (χ1n) is 2.75. The van der Waals surface area contributed by atoms with Crippen LogP contribution in [0.5, 0.6) is 0 Å². The minimum absolute atomic E-state index is 0.417. The van der Waals surface area contributed by atoms with Crippen molar-refractivity contribution in [2.45, 2.75) is 0 Å². The summed E-state index contributed by atoms with van der Waals surface area (Å²) in [5.74, 6) is -1.14. The lowest BCUT2D eigenvalue weighted by atomic mass is 10.3. The molecule has 4 heteroatoms. The summed E-state index contributed by atoms with van der Waals surface area (Å²) >= 11 is 2.93. The fraction of sp³-hybridized carbons (Fsp3) is 0.143. The molecule has 11 heavy (non-hydrogen) atoms. The molecule has 0 radical (unpaired) electrons. The number of rotatable bonds is 0. The van der Waals surface area contributed by atoms with Crippen LogP contribution in [0.4, 0.5) is 8.78 Å². The Bertz CT molecular complexity index is 177. The SMILES string of the molecule is CO.Fc1cc(F)cc(Br)c1. The summed E-state index contributed by atoms with van der Waals surface area (Å²) in [5.41, 5.74) is 0. The maximum absolute atomic E-state index is 12.2. The van der Waals surface area contributed by atoms with Gasteiger partial charge in [0.2, 0.25) is 0 Å². The molecule has 0 fully saturated rings. The molecule has 0 aromatic heterocycles. The molecule has 0 atom stereocenters.